The Labute approximate surface area is 157 Å². The van der Waals surface area contributed by atoms with Crippen LogP contribution in [0.3, 0.4) is 0 Å². The zero-order valence-corrected chi connectivity index (χ0v) is 14.9. The van der Waals surface area contributed by atoms with Gasteiger partial charge >= 0.3 is 0 Å². The highest BCUT2D eigenvalue weighted by molar-refractivity contribution is 9.10. The number of anilines is 1. The van der Waals surface area contributed by atoms with Crippen LogP contribution < -0.4 is 10.1 Å². The van der Waals surface area contributed by atoms with Gasteiger partial charge in [-0.2, -0.15) is 5.26 Å². The number of aromatic hydroxyl groups is 1. The minimum absolute atomic E-state index is 0.0854. The summed E-state index contributed by atoms with van der Waals surface area (Å²) in [5.41, 5.74) is 0.944. The van der Waals surface area contributed by atoms with E-state index in [-0.39, 0.29) is 11.4 Å². The molecule has 3 aromatic rings. The Bertz CT molecular complexity index is 998. The number of nitrogens with zero attached hydrogens (tertiary/aromatic N) is 2. The van der Waals surface area contributed by atoms with Crippen LogP contribution in [0.2, 0.25) is 0 Å². The molecule has 6 nitrogen and oxygen atoms in total. The Morgan fingerprint density at radius 1 is 1.12 bits per heavy atom. The standard InChI is InChI=1S/C19H12BrN3O3/c20-17-9-8-16(24)18(23-17)19(25)22-13-2-1-3-15(10-13)26-14-6-4-12(11-21)5-7-14/h1-10,24H,(H,22,25). The number of hydrogen-bond donors (Lipinski definition) is 2. The summed E-state index contributed by atoms with van der Waals surface area (Å²) in [7, 11) is 0. The molecule has 0 saturated heterocycles. The van der Waals surface area contributed by atoms with Gasteiger partial charge in [0.1, 0.15) is 21.9 Å². The van der Waals surface area contributed by atoms with E-state index in [1.54, 1.807) is 48.5 Å². The number of rotatable bonds is 4. The highest BCUT2D eigenvalue weighted by atomic mass is 79.9. The third-order valence-corrected chi connectivity index (χ3v) is 3.81. The maximum absolute atomic E-state index is 12.3. The van der Waals surface area contributed by atoms with Gasteiger partial charge in [0, 0.05) is 11.8 Å². The zero-order valence-electron chi connectivity index (χ0n) is 13.3. The summed E-state index contributed by atoms with van der Waals surface area (Å²) in [6.07, 6.45) is 0. The van der Waals surface area contributed by atoms with Gasteiger partial charge in [0.25, 0.3) is 5.91 Å². The predicted molar refractivity (Wildman–Crippen MR) is 99.2 cm³/mol. The van der Waals surface area contributed by atoms with Gasteiger partial charge < -0.3 is 15.2 Å². The first-order valence-electron chi connectivity index (χ1n) is 7.50. The first-order valence-corrected chi connectivity index (χ1v) is 8.29. The molecule has 128 valence electrons. The molecule has 1 aromatic heterocycles. The number of amides is 1. The Morgan fingerprint density at radius 2 is 1.88 bits per heavy atom. The number of pyridine rings is 1. The topological polar surface area (TPSA) is 95.2 Å². The monoisotopic (exact) mass is 409 g/mol. The van der Waals surface area contributed by atoms with Crippen LogP contribution in [-0.4, -0.2) is 16.0 Å². The van der Waals surface area contributed by atoms with Crippen molar-refractivity contribution in [2.24, 2.45) is 0 Å². The summed E-state index contributed by atoms with van der Waals surface area (Å²) >= 11 is 3.17. The second-order valence-electron chi connectivity index (χ2n) is 5.22. The number of hydrogen-bond acceptors (Lipinski definition) is 5. The quantitative estimate of drug-likeness (QED) is 0.619. The van der Waals surface area contributed by atoms with Crippen molar-refractivity contribution in [3.05, 3.63) is 76.5 Å². The molecule has 0 bridgehead atoms. The Morgan fingerprint density at radius 3 is 2.62 bits per heavy atom. The maximum Gasteiger partial charge on any atom is 0.278 e. The molecular formula is C19H12BrN3O3. The number of ether oxygens (including phenoxy) is 1. The number of aromatic nitrogens is 1. The van der Waals surface area contributed by atoms with Gasteiger partial charge in [-0.3, -0.25) is 4.79 Å². The average Bonchev–Trinajstić information content (AvgIpc) is 2.64. The third kappa shape index (κ3) is 4.18. The smallest absolute Gasteiger partial charge is 0.278 e. The van der Waals surface area contributed by atoms with Crippen LogP contribution in [0.4, 0.5) is 5.69 Å². The molecule has 0 aliphatic rings. The van der Waals surface area contributed by atoms with Crippen LogP contribution in [-0.2, 0) is 0 Å². The maximum atomic E-state index is 12.3. The van der Waals surface area contributed by atoms with E-state index in [4.69, 9.17) is 10.00 Å². The van der Waals surface area contributed by atoms with Crippen LogP contribution in [0, 0.1) is 11.3 Å². The average molecular weight is 410 g/mol. The molecule has 2 N–H and O–H groups in total. The number of carbonyl (C=O) groups excluding carboxylic acids is 1. The summed E-state index contributed by atoms with van der Waals surface area (Å²) < 4.78 is 6.16. The van der Waals surface area contributed by atoms with Gasteiger partial charge in [-0.1, -0.05) is 6.07 Å². The molecule has 0 fully saturated rings. The molecule has 1 amide bonds. The number of benzene rings is 2. The highest BCUT2D eigenvalue weighted by Gasteiger charge is 2.14. The van der Waals surface area contributed by atoms with Gasteiger partial charge in [-0.25, -0.2) is 4.98 Å². The molecule has 0 aliphatic heterocycles. The van der Waals surface area contributed by atoms with E-state index >= 15 is 0 Å². The molecule has 0 unspecified atom stereocenters. The largest absolute Gasteiger partial charge is 0.505 e. The van der Waals surface area contributed by atoms with Crippen molar-refractivity contribution in [2.45, 2.75) is 0 Å². The molecule has 0 spiro atoms. The van der Waals surface area contributed by atoms with Crippen molar-refractivity contribution in [3.63, 3.8) is 0 Å². The Kier molecular flexibility index (Phi) is 5.15. The molecule has 7 heteroatoms. The van der Waals surface area contributed by atoms with E-state index in [0.29, 0.717) is 27.4 Å². The molecule has 1 heterocycles. The molecule has 3 rings (SSSR count). The minimum Gasteiger partial charge on any atom is -0.505 e. The zero-order chi connectivity index (χ0) is 18.5. The number of nitrogens with one attached hydrogen (secondary N) is 1. The van der Waals surface area contributed by atoms with Crippen LogP contribution >= 0.6 is 15.9 Å². The lowest BCUT2D eigenvalue weighted by Crippen LogP contribution is -2.14. The van der Waals surface area contributed by atoms with Crippen molar-refractivity contribution in [2.75, 3.05) is 5.32 Å². The lowest BCUT2D eigenvalue weighted by atomic mass is 10.2. The number of halogens is 1. The first kappa shape index (κ1) is 17.5. The molecule has 2 aromatic carbocycles. The highest BCUT2D eigenvalue weighted by Crippen LogP contribution is 2.25. The fourth-order valence-electron chi connectivity index (χ4n) is 2.16. The van der Waals surface area contributed by atoms with Gasteiger partial charge in [0.2, 0.25) is 0 Å². The summed E-state index contributed by atoms with van der Waals surface area (Å²) in [5, 5.41) is 21.3. The van der Waals surface area contributed by atoms with Crippen LogP contribution in [0.5, 0.6) is 17.2 Å². The second kappa shape index (κ2) is 7.68. The van der Waals surface area contributed by atoms with Crippen molar-refractivity contribution in [3.8, 4) is 23.3 Å². The van der Waals surface area contributed by atoms with Crippen LogP contribution in [0.15, 0.2) is 65.3 Å². The Balaban J connectivity index is 1.75. The number of carbonyl (C=O) groups is 1. The van der Waals surface area contributed by atoms with E-state index in [0.717, 1.165) is 0 Å². The third-order valence-electron chi connectivity index (χ3n) is 3.37. The van der Waals surface area contributed by atoms with Crippen molar-refractivity contribution < 1.29 is 14.6 Å². The summed E-state index contributed by atoms with van der Waals surface area (Å²) in [4.78, 5) is 16.3. The molecule has 0 aliphatic carbocycles. The number of nitriles is 1. The van der Waals surface area contributed by atoms with Gasteiger partial charge in [0.15, 0.2) is 5.69 Å². The van der Waals surface area contributed by atoms with E-state index in [1.165, 1.54) is 12.1 Å². The fourth-order valence-corrected chi connectivity index (χ4v) is 2.47. The van der Waals surface area contributed by atoms with Crippen molar-refractivity contribution in [1.82, 2.24) is 4.98 Å². The first-order chi connectivity index (χ1) is 12.5. The summed E-state index contributed by atoms with van der Waals surface area (Å²) in [6, 6.07) is 18.5. The van der Waals surface area contributed by atoms with E-state index in [1.807, 2.05) is 6.07 Å². The normalized spacial score (nSPS) is 10.0. The second-order valence-corrected chi connectivity index (χ2v) is 6.03. The fraction of sp³-hybridized carbons (Fsp3) is 0. The summed E-state index contributed by atoms with van der Waals surface area (Å²) in [5.74, 6) is 0.327. The van der Waals surface area contributed by atoms with E-state index in [2.05, 4.69) is 26.2 Å². The van der Waals surface area contributed by atoms with Gasteiger partial charge in [-0.15, -0.1) is 0 Å². The minimum atomic E-state index is -0.542. The molecule has 0 atom stereocenters. The van der Waals surface area contributed by atoms with Gasteiger partial charge in [0.05, 0.1) is 11.6 Å². The predicted octanol–water partition coefficient (Wildman–Crippen LogP) is 4.47. The summed E-state index contributed by atoms with van der Waals surface area (Å²) in [6.45, 7) is 0. The molecule has 0 radical (unpaired) electrons. The Hall–Kier alpha value is -3.37. The molecule has 0 saturated carbocycles. The van der Waals surface area contributed by atoms with Crippen LogP contribution in [0.25, 0.3) is 0 Å². The molecule has 26 heavy (non-hydrogen) atoms. The SMILES string of the molecule is N#Cc1ccc(Oc2cccc(NC(=O)c3nc(Br)ccc3O)c2)cc1. The lowest BCUT2D eigenvalue weighted by molar-refractivity contribution is 0.101. The van der Waals surface area contributed by atoms with E-state index in [9.17, 15) is 9.90 Å². The lowest BCUT2D eigenvalue weighted by Gasteiger charge is -2.09. The molecular weight excluding hydrogens is 398 g/mol. The van der Waals surface area contributed by atoms with Crippen LogP contribution in [0.1, 0.15) is 16.1 Å². The van der Waals surface area contributed by atoms with E-state index < -0.39 is 5.91 Å². The van der Waals surface area contributed by atoms with Gasteiger partial charge in [-0.05, 0) is 64.5 Å². The van der Waals surface area contributed by atoms with Crippen molar-refractivity contribution >= 4 is 27.5 Å². The van der Waals surface area contributed by atoms with Crippen molar-refractivity contribution in [1.29, 1.82) is 5.26 Å².